The molecule has 0 radical (unpaired) electrons. The quantitative estimate of drug-likeness (QED) is 0.834. The van der Waals surface area contributed by atoms with Crippen LogP contribution in [0.4, 0.5) is 4.39 Å². The van der Waals surface area contributed by atoms with Gasteiger partial charge in [-0.2, -0.15) is 0 Å². The Morgan fingerprint density at radius 1 is 1.56 bits per heavy atom. The van der Waals surface area contributed by atoms with Crippen LogP contribution < -0.4 is 15.8 Å². The van der Waals surface area contributed by atoms with Gasteiger partial charge in [-0.05, 0) is 12.1 Å². The largest absolute Gasteiger partial charge is 0.497 e. The van der Waals surface area contributed by atoms with Crippen LogP contribution in [-0.4, -0.2) is 26.1 Å². The fourth-order valence-electron chi connectivity index (χ4n) is 1.09. The fraction of sp³-hybridized carbons (Fsp3) is 0.300. The molecule has 3 N–H and O–H groups in total. The zero-order valence-electron chi connectivity index (χ0n) is 8.83. The minimum atomic E-state index is -0.608. The number of benzene rings is 1. The second-order valence-electron chi connectivity index (χ2n) is 2.89. The third-order valence-electron chi connectivity index (χ3n) is 1.85. The summed E-state index contributed by atoms with van der Waals surface area (Å²) in [7, 11) is 1.43. The Morgan fingerprint density at radius 3 is 2.75 bits per heavy atom. The molecule has 0 aromatic heterocycles. The van der Waals surface area contributed by atoms with E-state index in [1.54, 1.807) is 0 Å². The summed E-state index contributed by atoms with van der Waals surface area (Å²) in [5.41, 5.74) is 5.20. The van der Waals surface area contributed by atoms with Gasteiger partial charge in [-0.3, -0.25) is 4.79 Å². The Balaban J connectivity index is 0.00000225. The van der Waals surface area contributed by atoms with E-state index in [-0.39, 0.29) is 18.0 Å². The highest BCUT2D eigenvalue weighted by molar-refractivity contribution is 5.94. The maximum Gasteiger partial charge on any atom is 0.254 e. The van der Waals surface area contributed by atoms with E-state index in [2.05, 4.69) is 5.32 Å². The molecule has 6 heteroatoms. The van der Waals surface area contributed by atoms with Crippen molar-refractivity contribution >= 4 is 18.3 Å². The molecule has 1 aromatic carbocycles. The molecule has 0 unspecified atom stereocenters. The summed E-state index contributed by atoms with van der Waals surface area (Å²) >= 11 is 0. The van der Waals surface area contributed by atoms with E-state index in [0.717, 1.165) is 6.07 Å². The van der Waals surface area contributed by atoms with E-state index < -0.39 is 11.7 Å². The van der Waals surface area contributed by atoms with Gasteiger partial charge in [0.15, 0.2) is 0 Å². The molecule has 0 bridgehead atoms. The van der Waals surface area contributed by atoms with E-state index in [0.29, 0.717) is 18.8 Å². The normalized spacial score (nSPS) is 9.19. The molecule has 0 heterocycles. The predicted molar refractivity (Wildman–Crippen MR) is 61.6 cm³/mol. The van der Waals surface area contributed by atoms with Crippen molar-refractivity contribution in [2.45, 2.75) is 0 Å². The summed E-state index contributed by atoms with van der Waals surface area (Å²) in [5, 5.41) is 2.48. The van der Waals surface area contributed by atoms with E-state index in [4.69, 9.17) is 10.5 Å². The zero-order valence-corrected chi connectivity index (χ0v) is 9.64. The van der Waals surface area contributed by atoms with Gasteiger partial charge in [0.1, 0.15) is 11.6 Å². The molecule has 1 rings (SSSR count). The summed E-state index contributed by atoms with van der Waals surface area (Å²) in [6.07, 6.45) is 0. The van der Waals surface area contributed by atoms with Crippen LogP contribution in [0.3, 0.4) is 0 Å². The lowest BCUT2D eigenvalue weighted by atomic mass is 10.2. The summed E-state index contributed by atoms with van der Waals surface area (Å²) in [6.45, 7) is 0.647. The maximum absolute atomic E-state index is 13.3. The SMILES string of the molecule is COc1ccc(C(=O)NCCN)c(F)c1.Cl. The average Bonchev–Trinajstić information content (AvgIpc) is 2.25. The Morgan fingerprint density at radius 2 is 2.25 bits per heavy atom. The van der Waals surface area contributed by atoms with Crippen molar-refractivity contribution in [3.05, 3.63) is 29.6 Å². The van der Waals surface area contributed by atoms with Crippen LogP contribution in [0.15, 0.2) is 18.2 Å². The number of hydrogen-bond acceptors (Lipinski definition) is 3. The topological polar surface area (TPSA) is 64.3 Å². The number of halogens is 2. The number of nitrogens with two attached hydrogens (primary N) is 1. The van der Waals surface area contributed by atoms with Crippen molar-refractivity contribution in [1.29, 1.82) is 0 Å². The van der Waals surface area contributed by atoms with Gasteiger partial charge in [0.05, 0.1) is 12.7 Å². The highest BCUT2D eigenvalue weighted by atomic mass is 35.5. The van der Waals surface area contributed by atoms with Crippen molar-refractivity contribution in [3.8, 4) is 5.75 Å². The number of amides is 1. The lowest BCUT2D eigenvalue weighted by Crippen LogP contribution is -2.29. The first-order valence-corrected chi connectivity index (χ1v) is 4.51. The first kappa shape index (κ1) is 14.7. The number of nitrogens with one attached hydrogen (secondary N) is 1. The van der Waals surface area contributed by atoms with Crippen LogP contribution >= 0.6 is 12.4 Å². The van der Waals surface area contributed by atoms with E-state index >= 15 is 0 Å². The summed E-state index contributed by atoms with van der Waals surface area (Å²) in [4.78, 5) is 11.4. The smallest absolute Gasteiger partial charge is 0.254 e. The first-order valence-electron chi connectivity index (χ1n) is 4.51. The van der Waals surface area contributed by atoms with Crippen molar-refractivity contribution in [2.24, 2.45) is 5.73 Å². The second-order valence-corrected chi connectivity index (χ2v) is 2.89. The Bertz CT molecular complexity index is 361. The van der Waals surface area contributed by atoms with Crippen molar-refractivity contribution < 1.29 is 13.9 Å². The van der Waals surface area contributed by atoms with Crippen LogP contribution in [0, 0.1) is 5.82 Å². The van der Waals surface area contributed by atoms with E-state index in [9.17, 15) is 9.18 Å². The van der Waals surface area contributed by atoms with Crippen LogP contribution in [0.25, 0.3) is 0 Å². The number of rotatable bonds is 4. The van der Waals surface area contributed by atoms with Gasteiger partial charge < -0.3 is 15.8 Å². The number of carbonyl (C=O) groups excluding carboxylic acids is 1. The van der Waals surface area contributed by atoms with Gasteiger partial charge in [-0.1, -0.05) is 0 Å². The Kier molecular flexibility index (Phi) is 6.44. The third-order valence-corrected chi connectivity index (χ3v) is 1.85. The van der Waals surface area contributed by atoms with E-state index in [1.807, 2.05) is 0 Å². The number of carbonyl (C=O) groups is 1. The predicted octanol–water partition coefficient (Wildman–Crippen LogP) is 0.945. The lowest BCUT2D eigenvalue weighted by Gasteiger charge is -2.06. The average molecular weight is 249 g/mol. The minimum Gasteiger partial charge on any atom is -0.497 e. The molecule has 16 heavy (non-hydrogen) atoms. The molecule has 0 spiro atoms. The lowest BCUT2D eigenvalue weighted by molar-refractivity contribution is 0.0950. The number of hydrogen-bond donors (Lipinski definition) is 2. The molecule has 0 atom stereocenters. The van der Waals surface area contributed by atoms with Crippen LogP contribution in [0.2, 0.25) is 0 Å². The molecular weight excluding hydrogens is 235 g/mol. The molecule has 4 nitrogen and oxygen atoms in total. The highest BCUT2D eigenvalue weighted by Crippen LogP contribution is 2.15. The van der Waals surface area contributed by atoms with Crippen LogP contribution in [0.5, 0.6) is 5.75 Å². The molecule has 1 amide bonds. The van der Waals surface area contributed by atoms with Crippen LogP contribution in [0.1, 0.15) is 10.4 Å². The molecular formula is C10H14ClFN2O2. The molecule has 0 fully saturated rings. The van der Waals surface area contributed by atoms with Gasteiger partial charge >= 0.3 is 0 Å². The van der Waals surface area contributed by atoms with Gasteiger partial charge in [-0.25, -0.2) is 4.39 Å². The molecule has 0 saturated carbocycles. The third kappa shape index (κ3) is 3.67. The summed E-state index contributed by atoms with van der Waals surface area (Å²) in [5.74, 6) is -0.702. The van der Waals surface area contributed by atoms with Gasteiger partial charge in [0.25, 0.3) is 5.91 Å². The zero-order chi connectivity index (χ0) is 11.3. The summed E-state index contributed by atoms with van der Waals surface area (Å²) < 4.78 is 18.2. The van der Waals surface area contributed by atoms with Crippen molar-refractivity contribution in [1.82, 2.24) is 5.32 Å². The summed E-state index contributed by atoms with van der Waals surface area (Å²) in [6, 6.07) is 4.07. The van der Waals surface area contributed by atoms with Gasteiger partial charge in [0.2, 0.25) is 0 Å². The van der Waals surface area contributed by atoms with E-state index in [1.165, 1.54) is 19.2 Å². The monoisotopic (exact) mass is 248 g/mol. The molecule has 0 aliphatic rings. The molecule has 1 aromatic rings. The van der Waals surface area contributed by atoms with Gasteiger partial charge in [-0.15, -0.1) is 12.4 Å². The number of ether oxygens (including phenoxy) is 1. The van der Waals surface area contributed by atoms with Crippen LogP contribution in [-0.2, 0) is 0 Å². The molecule has 0 aliphatic heterocycles. The van der Waals surface area contributed by atoms with Crippen molar-refractivity contribution in [3.63, 3.8) is 0 Å². The standard InChI is InChI=1S/C10H13FN2O2.ClH/c1-15-7-2-3-8(9(11)6-7)10(14)13-5-4-12;/h2-3,6H,4-5,12H2,1H3,(H,13,14);1H. The molecule has 0 saturated heterocycles. The minimum absolute atomic E-state index is 0. The van der Waals surface area contributed by atoms with Gasteiger partial charge in [0, 0.05) is 19.2 Å². The maximum atomic E-state index is 13.3. The Labute approximate surface area is 99.4 Å². The fourth-order valence-corrected chi connectivity index (χ4v) is 1.09. The molecule has 0 aliphatic carbocycles. The highest BCUT2D eigenvalue weighted by Gasteiger charge is 2.11. The second kappa shape index (κ2) is 7.03. The molecule has 90 valence electrons. The number of methoxy groups -OCH3 is 1. The first-order chi connectivity index (χ1) is 7.19. The Hall–Kier alpha value is -1.33. The van der Waals surface area contributed by atoms with Crippen molar-refractivity contribution in [2.75, 3.05) is 20.2 Å².